The molecule has 0 amide bonds. The highest BCUT2D eigenvalue weighted by molar-refractivity contribution is 6.13. The minimum atomic E-state index is -0.143. The number of carbonyl (C=O) groups is 1. The third-order valence-electron chi connectivity index (χ3n) is 3.93. The Labute approximate surface area is 149 Å². The molecule has 0 aliphatic rings. The summed E-state index contributed by atoms with van der Waals surface area (Å²) >= 11 is 0. The summed E-state index contributed by atoms with van der Waals surface area (Å²) < 4.78 is 16.6. The van der Waals surface area contributed by atoms with E-state index in [0.717, 1.165) is 5.56 Å². The van der Waals surface area contributed by atoms with Gasteiger partial charge in [0.25, 0.3) is 0 Å². The molecule has 0 aliphatic heterocycles. The van der Waals surface area contributed by atoms with Crippen LogP contribution in [0.1, 0.15) is 35.3 Å². The largest absolute Gasteiger partial charge is 0.496 e. The Bertz CT molecular complexity index is 772. The zero-order valence-corrected chi connectivity index (χ0v) is 15.4. The van der Waals surface area contributed by atoms with Crippen LogP contribution in [0, 0.1) is 0 Å². The number of carbonyl (C=O) groups excluding carboxylic acids is 1. The van der Waals surface area contributed by atoms with E-state index in [1.165, 1.54) is 12.7 Å². The molecular weight excluding hydrogens is 316 g/mol. The molecule has 0 heterocycles. The maximum absolute atomic E-state index is 13.1. The molecule has 132 valence electrons. The molecule has 4 heteroatoms. The number of benzene rings is 2. The van der Waals surface area contributed by atoms with Gasteiger partial charge in [0.05, 0.1) is 21.3 Å². The molecule has 25 heavy (non-hydrogen) atoms. The van der Waals surface area contributed by atoms with Gasteiger partial charge in [0.2, 0.25) is 5.78 Å². The summed E-state index contributed by atoms with van der Waals surface area (Å²) in [6, 6.07) is 10.8. The third-order valence-corrected chi connectivity index (χ3v) is 3.93. The Morgan fingerprint density at radius 2 is 1.60 bits per heavy atom. The van der Waals surface area contributed by atoms with Crippen molar-refractivity contribution in [2.75, 3.05) is 21.3 Å². The van der Waals surface area contributed by atoms with Crippen LogP contribution in [-0.4, -0.2) is 27.1 Å². The lowest BCUT2D eigenvalue weighted by molar-refractivity contribution is 0.103. The van der Waals surface area contributed by atoms with Crippen molar-refractivity contribution in [2.45, 2.75) is 20.3 Å². The van der Waals surface area contributed by atoms with E-state index in [1.54, 1.807) is 32.4 Å². The lowest BCUT2D eigenvalue weighted by atomic mass is 9.96. The molecule has 0 radical (unpaired) electrons. The number of methoxy groups -OCH3 is 3. The van der Waals surface area contributed by atoms with E-state index in [4.69, 9.17) is 14.2 Å². The van der Waals surface area contributed by atoms with Crippen molar-refractivity contribution in [1.29, 1.82) is 0 Å². The maximum Gasteiger partial charge on any atom is 0.200 e. The van der Waals surface area contributed by atoms with Crippen LogP contribution < -0.4 is 14.2 Å². The van der Waals surface area contributed by atoms with Crippen molar-refractivity contribution in [2.24, 2.45) is 0 Å². The number of ketones is 1. The number of hydrogen-bond donors (Lipinski definition) is 0. The summed E-state index contributed by atoms with van der Waals surface area (Å²) in [5.41, 5.74) is 2.99. The second-order valence-corrected chi connectivity index (χ2v) is 5.85. The molecule has 2 aromatic carbocycles. The molecule has 0 fully saturated rings. The summed E-state index contributed by atoms with van der Waals surface area (Å²) in [6.45, 7) is 4.05. The van der Waals surface area contributed by atoms with Gasteiger partial charge in [-0.25, -0.2) is 0 Å². The molecule has 0 aromatic heterocycles. The van der Waals surface area contributed by atoms with Crippen molar-refractivity contribution in [3.05, 3.63) is 64.7 Å². The molecule has 0 saturated heterocycles. The van der Waals surface area contributed by atoms with Crippen molar-refractivity contribution < 1.29 is 19.0 Å². The topological polar surface area (TPSA) is 44.8 Å². The molecule has 0 unspecified atom stereocenters. The molecule has 0 bridgehead atoms. The summed E-state index contributed by atoms with van der Waals surface area (Å²) in [6.07, 6.45) is 2.68. The zero-order chi connectivity index (χ0) is 18.4. The summed E-state index contributed by atoms with van der Waals surface area (Å²) in [5, 5.41) is 0. The lowest BCUT2D eigenvalue weighted by Crippen LogP contribution is -2.09. The minimum Gasteiger partial charge on any atom is -0.496 e. The van der Waals surface area contributed by atoms with Crippen LogP contribution in [0.4, 0.5) is 0 Å². The van der Waals surface area contributed by atoms with Gasteiger partial charge in [-0.05, 0) is 20.3 Å². The van der Waals surface area contributed by atoms with Crippen molar-refractivity contribution in [3.8, 4) is 17.2 Å². The van der Waals surface area contributed by atoms with Crippen molar-refractivity contribution in [1.82, 2.24) is 0 Å². The first-order valence-corrected chi connectivity index (χ1v) is 8.08. The van der Waals surface area contributed by atoms with E-state index < -0.39 is 0 Å². The highest BCUT2D eigenvalue weighted by atomic mass is 16.5. The van der Waals surface area contributed by atoms with Crippen LogP contribution in [0.25, 0.3) is 0 Å². The van der Waals surface area contributed by atoms with Crippen molar-refractivity contribution >= 4 is 5.78 Å². The first kappa shape index (κ1) is 18.6. The molecule has 0 aliphatic carbocycles. The second kappa shape index (κ2) is 8.38. The maximum atomic E-state index is 13.1. The summed E-state index contributed by atoms with van der Waals surface area (Å²) in [4.78, 5) is 13.1. The number of hydrogen-bond acceptors (Lipinski definition) is 4. The Morgan fingerprint density at radius 3 is 2.12 bits per heavy atom. The molecule has 2 aromatic rings. The normalized spacial score (nSPS) is 10.1. The van der Waals surface area contributed by atoms with E-state index in [-0.39, 0.29) is 5.78 Å². The average molecular weight is 340 g/mol. The van der Waals surface area contributed by atoms with Crippen LogP contribution in [0.15, 0.2) is 48.0 Å². The fraction of sp³-hybridized carbons (Fsp3) is 0.286. The zero-order valence-electron chi connectivity index (χ0n) is 15.4. The van der Waals surface area contributed by atoms with Gasteiger partial charge in [0.15, 0.2) is 0 Å². The summed E-state index contributed by atoms with van der Waals surface area (Å²) in [5.74, 6) is 1.41. The molecule has 0 saturated carbocycles. The molecular formula is C21H24O4. The third kappa shape index (κ3) is 4.02. The van der Waals surface area contributed by atoms with Crippen LogP contribution in [-0.2, 0) is 6.42 Å². The summed E-state index contributed by atoms with van der Waals surface area (Å²) in [7, 11) is 4.69. The molecule has 0 atom stereocenters. The van der Waals surface area contributed by atoms with E-state index in [1.807, 2.05) is 32.0 Å². The van der Waals surface area contributed by atoms with E-state index in [2.05, 4.69) is 6.08 Å². The predicted molar refractivity (Wildman–Crippen MR) is 99.1 cm³/mol. The van der Waals surface area contributed by atoms with E-state index in [0.29, 0.717) is 34.8 Å². The van der Waals surface area contributed by atoms with Gasteiger partial charge in [0.1, 0.15) is 22.8 Å². The number of ether oxygens (including phenoxy) is 3. The van der Waals surface area contributed by atoms with E-state index in [9.17, 15) is 4.79 Å². The Hall–Kier alpha value is -2.75. The number of allylic oxidation sites excluding steroid dienone is 2. The SMILES string of the molecule is COc1cc(OC)c(C(=O)c2ccccc2)c(OC)c1CC=C(C)C. The molecule has 2 rings (SSSR count). The first-order chi connectivity index (χ1) is 12.0. The van der Waals surface area contributed by atoms with Crippen LogP contribution in [0.5, 0.6) is 17.2 Å². The monoisotopic (exact) mass is 340 g/mol. The van der Waals surface area contributed by atoms with Gasteiger partial charge in [0, 0.05) is 17.2 Å². The second-order valence-electron chi connectivity index (χ2n) is 5.85. The first-order valence-electron chi connectivity index (χ1n) is 8.08. The van der Waals surface area contributed by atoms with E-state index >= 15 is 0 Å². The fourth-order valence-corrected chi connectivity index (χ4v) is 2.67. The quantitative estimate of drug-likeness (QED) is 0.552. The van der Waals surface area contributed by atoms with Gasteiger partial charge in [-0.1, -0.05) is 42.0 Å². The van der Waals surface area contributed by atoms with Gasteiger partial charge in [-0.15, -0.1) is 0 Å². The average Bonchev–Trinajstić information content (AvgIpc) is 2.64. The van der Waals surface area contributed by atoms with Crippen LogP contribution in [0.2, 0.25) is 0 Å². The fourth-order valence-electron chi connectivity index (χ4n) is 2.67. The van der Waals surface area contributed by atoms with Gasteiger partial charge < -0.3 is 14.2 Å². The molecule has 0 spiro atoms. The molecule has 0 N–H and O–H groups in total. The lowest BCUT2D eigenvalue weighted by Gasteiger charge is -2.19. The van der Waals surface area contributed by atoms with Gasteiger partial charge >= 0.3 is 0 Å². The Morgan fingerprint density at radius 1 is 0.960 bits per heavy atom. The highest BCUT2D eigenvalue weighted by Gasteiger charge is 2.25. The highest BCUT2D eigenvalue weighted by Crippen LogP contribution is 2.41. The molecule has 4 nitrogen and oxygen atoms in total. The van der Waals surface area contributed by atoms with Crippen LogP contribution >= 0.6 is 0 Å². The smallest absolute Gasteiger partial charge is 0.200 e. The Kier molecular flexibility index (Phi) is 6.23. The standard InChI is InChI=1S/C21H24O4/c1-14(2)11-12-16-17(23-3)13-18(24-4)19(21(16)25-5)20(22)15-9-7-6-8-10-15/h6-11,13H,12H2,1-5H3. The van der Waals surface area contributed by atoms with Gasteiger partial charge in [-0.2, -0.15) is 0 Å². The van der Waals surface area contributed by atoms with Gasteiger partial charge in [-0.3, -0.25) is 4.79 Å². The minimum absolute atomic E-state index is 0.143. The van der Waals surface area contributed by atoms with Crippen LogP contribution in [0.3, 0.4) is 0 Å². The Balaban J connectivity index is 2.70. The predicted octanol–water partition coefficient (Wildman–Crippen LogP) is 4.45. The van der Waals surface area contributed by atoms with Crippen molar-refractivity contribution in [3.63, 3.8) is 0 Å². The number of rotatable bonds is 7.